The molecule has 0 aliphatic carbocycles. The molecule has 2 nitrogen and oxygen atoms in total. The molecule has 0 amide bonds. The van der Waals surface area contributed by atoms with Crippen LogP contribution in [0.15, 0.2) is 4.99 Å². The first-order valence-electron chi connectivity index (χ1n) is 3.77. The summed E-state index contributed by atoms with van der Waals surface area (Å²) in [6.07, 6.45) is 1.63. The van der Waals surface area contributed by atoms with Crippen molar-refractivity contribution in [1.82, 2.24) is 0 Å². The molecule has 0 heterocycles. The van der Waals surface area contributed by atoms with Gasteiger partial charge in [-0.1, -0.05) is 13.8 Å². The number of nitrogens with zero attached hydrogens (tertiary/aromatic N) is 1. The van der Waals surface area contributed by atoms with Crippen LogP contribution in [0.3, 0.4) is 0 Å². The molecule has 0 rings (SSSR count). The van der Waals surface area contributed by atoms with Crippen LogP contribution in [0.5, 0.6) is 0 Å². The molecular weight excluding hydrogens is 126 g/mol. The number of rotatable bonds is 5. The minimum absolute atomic E-state index is 0.278. The predicted octanol–water partition coefficient (Wildman–Crippen LogP) is 1.48. The fraction of sp³-hybridized carbons (Fsp3) is 0.875. The Hall–Kier alpha value is -0.370. The first-order valence-corrected chi connectivity index (χ1v) is 3.77. The summed E-state index contributed by atoms with van der Waals surface area (Å²) in [6, 6.07) is 0. The molecule has 0 aromatic rings. The summed E-state index contributed by atoms with van der Waals surface area (Å²) < 4.78 is 0. The highest BCUT2D eigenvalue weighted by molar-refractivity contribution is 5.23. The Balaban J connectivity index is 3.20. The summed E-state index contributed by atoms with van der Waals surface area (Å²) in [5, 5.41) is 9.16. The van der Waals surface area contributed by atoms with Crippen LogP contribution in [0.25, 0.3) is 0 Å². The van der Waals surface area contributed by atoms with E-state index >= 15 is 0 Å². The van der Waals surface area contributed by atoms with Crippen molar-refractivity contribution in [3.05, 3.63) is 0 Å². The van der Waals surface area contributed by atoms with Crippen LogP contribution in [0.2, 0.25) is 0 Å². The maximum absolute atomic E-state index is 9.16. The Labute approximate surface area is 63.0 Å². The van der Waals surface area contributed by atoms with E-state index in [0.717, 1.165) is 12.8 Å². The third kappa shape index (κ3) is 5.76. The third-order valence-corrected chi connectivity index (χ3v) is 1.42. The van der Waals surface area contributed by atoms with Gasteiger partial charge in [0.05, 0.1) is 12.6 Å². The predicted molar refractivity (Wildman–Crippen MR) is 44.5 cm³/mol. The minimum atomic E-state index is -0.278. The molecule has 2 heteroatoms. The Morgan fingerprint density at radius 3 is 2.40 bits per heavy atom. The molecular formula is C8H17NO. The average Bonchev–Trinajstić information content (AvgIpc) is 1.85. The summed E-state index contributed by atoms with van der Waals surface area (Å²) in [5.74, 6) is 0.666. The molecule has 1 N–H and O–H groups in total. The normalized spacial score (nSPS) is 13.6. The van der Waals surface area contributed by atoms with Crippen LogP contribution >= 0.6 is 0 Å². The van der Waals surface area contributed by atoms with Crippen molar-refractivity contribution in [3.63, 3.8) is 0 Å². The zero-order valence-electron chi connectivity index (χ0n) is 6.88. The molecule has 0 aliphatic heterocycles. The van der Waals surface area contributed by atoms with Gasteiger partial charge in [-0.05, 0) is 25.5 Å². The van der Waals surface area contributed by atoms with Crippen LogP contribution in [0.1, 0.15) is 26.7 Å². The lowest BCUT2D eigenvalue weighted by atomic mass is 10.1. The minimum Gasteiger partial charge on any atom is -0.391 e. The summed E-state index contributed by atoms with van der Waals surface area (Å²) >= 11 is 0. The zero-order valence-corrected chi connectivity index (χ0v) is 6.88. The third-order valence-electron chi connectivity index (χ3n) is 1.42. The summed E-state index contributed by atoms with van der Waals surface area (Å²) in [5.41, 5.74) is 0. The molecule has 10 heavy (non-hydrogen) atoms. The summed E-state index contributed by atoms with van der Waals surface area (Å²) in [7, 11) is 0. The van der Waals surface area contributed by atoms with Gasteiger partial charge < -0.3 is 5.11 Å². The van der Waals surface area contributed by atoms with Crippen molar-refractivity contribution in [1.29, 1.82) is 0 Å². The fourth-order valence-electron chi connectivity index (χ4n) is 0.766. The van der Waals surface area contributed by atoms with Gasteiger partial charge in [0, 0.05) is 0 Å². The molecule has 0 aliphatic rings. The monoisotopic (exact) mass is 143 g/mol. The Kier molecular flexibility index (Phi) is 5.22. The van der Waals surface area contributed by atoms with Gasteiger partial charge in [0.15, 0.2) is 0 Å². The second-order valence-corrected chi connectivity index (χ2v) is 3.03. The van der Waals surface area contributed by atoms with Gasteiger partial charge in [-0.2, -0.15) is 0 Å². The SMILES string of the molecule is C=NC[C@H](O)CCC(C)C. The molecule has 0 unspecified atom stereocenters. The second kappa shape index (κ2) is 5.42. The van der Waals surface area contributed by atoms with Gasteiger partial charge in [-0.3, -0.25) is 4.99 Å². The Morgan fingerprint density at radius 2 is 2.00 bits per heavy atom. The standard InChI is InChI=1S/C8H17NO/c1-7(2)4-5-8(10)6-9-3/h7-8,10H,3-6H2,1-2H3/t8-/m1/s1. The van der Waals surface area contributed by atoms with E-state index in [4.69, 9.17) is 5.11 Å². The van der Waals surface area contributed by atoms with Crippen molar-refractivity contribution in [3.8, 4) is 0 Å². The Bertz CT molecular complexity index is 91.3. The highest BCUT2D eigenvalue weighted by Gasteiger charge is 2.02. The first-order chi connectivity index (χ1) is 4.66. The smallest absolute Gasteiger partial charge is 0.0735 e. The van der Waals surface area contributed by atoms with Gasteiger partial charge in [0.1, 0.15) is 0 Å². The van der Waals surface area contributed by atoms with Crippen LogP contribution in [0, 0.1) is 5.92 Å². The number of aliphatic hydroxyl groups is 1. The van der Waals surface area contributed by atoms with Crippen molar-refractivity contribution in [2.75, 3.05) is 6.54 Å². The van der Waals surface area contributed by atoms with Gasteiger partial charge in [0.25, 0.3) is 0 Å². The molecule has 0 spiro atoms. The number of hydrogen-bond acceptors (Lipinski definition) is 2. The van der Waals surface area contributed by atoms with Crippen LogP contribution < -0.4 is 0 Å². The van der Waals surface area contributed by atoms with Gasteiger partial charge in [-0.15, -0.1) is 0 Å². The topological polar surface area (TPSA) is 32.6 Å². The number of aliphatic hydroxyl groups excluding tert-OH is 1. The van der Waals surface area contributed by atoms with Gasteiger partial charge >= 0.3 is 0 Å². The molecule has 1 atom stereocenters. The summed E-state index contributed by atoms with van der Waals surface area (Å²) in [4.78, 5) is 3.61. The molecule has 60 valence electrons. The van der Waals surface area contributed by atoms with E-state index in [1.807, 2.05) is 0 Å². The van der Waals surface area contributed by atoms with Crippen molar-refractivity contribution in [2.45, 2.75) is 32.8 Å². The first kappa shape index (κ1) is 9.63. The lowest BCUT2D eigenvalue weighted by Gasteiger charge is -2.08. The number of aliphatic imine (C=N–C) groups is 1. The molecule has 0 saturated heterocycles. The van der Waals surface area contributed by atoms with Gasteiger partial charge in [0.2, 0.25) is 0 Å². The van der Waals surface area contributed by atoms with E-state index in [9.17, 15) is 0 Å². The zero-order chi connectivity index (χ0) is 7.98. The molecule has 0 radical (unpaired) electrons. The Morgan fingerprint density at radius 1 is 1.40 bits per heavy atom. The lowest BCUT2D eigenvalue weighted by Crippen LogP contribution is -2.11. The maximum atomic E-state index is 9.16. The van der Waals surface area contributed by atoms with E-state index < -0.39 is 0 Å². The van der Waals surface area contributed by atoms with Crippen molar-refractivity contribution < 1.29 is 5.11 Å². The largest absolute Gasteiger partial charge is 0.391 e. The van der Waals surface area contributed by atoms with Gasteiger partial charge in [-0.25, -0.2) is 0 Å². The van der Waals surface area contributed by atoms with Crippen LogP contribution in [0.4, 0.5) is 0 Å². The van der Waals surface area contributed by atoms with E-state index in [-0.39, 0.29) is 6.10 Å². The van der Waals surface area contributed by atoms with Crippen LogP contribution in [-0.2, 0) is 0 Å². The van der Waals surface area contributed by atoms with E-state index in [2.05, 4.69) is 25.6 Å². The quantitative estimate of drug-likeness (QED) is 0.581. The molecule has 0 bridgehead atoms. The van der Waals surface area contributed by atoms with E-state index in [1.165, 1.54) is 0 Å². The molecule has 0 fully saturated rings. The molecule has 0 aromatic heterocycles. The van der Waals surface area contributed by atoms with Crippen LogP contribution in [-0.4, -0.2) is 24.5 Å². The molecule has 0 saturated carbocycles. The van der Waals surface area contributed by atoms with E-state index in [0.29, 0.717) is 12.5 Å². The summed E-state index contributed by atoms with van der Waals surface area (Å²) in [6.45, 7) is 8.09. The van der Waals surface area contributed by atoms with E-state index in [1.54, 1.807) is 0 Å². The highest BCUT2D eigenvalue weighted by Crippen LogP contribution is 2.06. The maximum Gasteiger partial charge on any atom is 0.0735 e. The highest BCUT2D eigenvalue weighted by atomic mass is 16.3. The fourth-order valence-corrected chi connectivity index (χ4v) is 0.766. The van der Waals surface area contributed by atoms with Crippen molar-refractivity contribution >= 4 is 6.72 Å². The second-order valence-electron chi connectivity index (χ2n) is 3.03. The lowest BCUT2D eigenvalue weighted by molar-refractivity contribution is 0.165. The number of hydrogen-bond donors (Lipinski definition) is 1. The molecule has 0 aromatic carbocycles. The average molecular weight is 143 g/mol. The van der Waals surface area contributed by atoms with Crippen molar-refractivity contribution in [2.24, 2.45) is 10.9 Å².